The molecule has 24 heavy (non-hydrogen) atoms. The molecule has 2 saturated heterocycles. The lowest BCUT2D eigenvalue weighted by molar-refractivity contribution is -0.134. The Morgan fingerprint density at radius 2 is 1.58 bits per heavy atom. The maximum atomic E-state index is 12.2. The number of amides is 3. The van der Waals surface area contributed by atoms with Gasteiger partial charge in [-0.05, 0) is 38.8 Å². The van der Waals surface area contributed by atoms with Gasteiger partial charge < -0.3 is 15.1 Å². The van der Waals surface area contributed by atoms with Gasteiger partial charge in [0.25, 0.3) is 0 Å². The maximum absolute atomic E-state index is 12.2. The molecule has 0 atom stereocenters. The van der Waals surface area contributed by atoms with Gasteiger partial charge in [0.15, 0.2) is 0 Å². The van der Waals surface area contributed by atoms with Crippen LogP contribution in [-0.4, -0.2) is 85.3 Å². The van der Waals surface area contributed by atoms with Gasteiger partial charge in [0.05, 0.1) is 6.54 Å². The molecule has 0 spiro atoms. The fraction of sp³-hybridized carbons (Fsp3) is 0.824. The van der Waals surface area contributed by atoms with E-state index < -0.39 is 0 Å². The first-order valence-electron chi connectivity index (χ1n) is 8.85. The Balaban J connectivity index is 1.67. The molecule has 2 aliphatic heterocycles. The van der Waals surface area contributed by atoms with E-state index in [0.29, 0.717) is 6.54 Å². The molecule has 0 saturated carbocycles. The highest BCUT2D eigenvalue weighted by molar-refractivity contribution is 5.79. The van der Waals surface area contributed by atoms with Crippen LogP contribution in [0.4, 0.5) is 0 Å². The Kier molecular flexibility index (Phi) is 6.60. The summed E-state index contributed by atoms with van der Waals surface area (Å²) in [5, 5.41) is 3.08. The van der Waals surface area contributed by atoms with Gasteiger partial charge >= 0.3 is 0 Å². The fourth-order valence-corrected chi connectivity index (χ4v) is 3.52. The van der Waals surface area contributed by atoms with Gasteiger partial charge in [-0.3, -0.25) is 19.3 Å². The fourth-order valence-electron chi connectivity index (χ4n) is 3.52. The van der Waals surface area contributed by atoms with E-state index in [-0.39, 0.29) is 29.7 Å². The molecule has 7 heteroatoms. The number of carbonyl (C=O) groups is 3. The van der Waals surface area contributed by atoms with Crippen molar-refractivity contribution in [2.75, 3.05) is 46.8 Å². The molecule has 2 fully saturated rings. The second-order valence-corrected chi connectivity index (χ2v) is 7.13. The minimum Gasteiger partial charge on any atom is -0.352 e. The van der Waals surface area contributed by atoms with Crippen molar-refractivity contribution in [2.45, 2.75) is 38.6 Å². The molecule has 0 aromatic carbocycles. The zero-order chi connectivity index (χ0) is 17.7. The predicted octanol–water partition coefficient (Wildman–Crippen LogP) is -0.0863. The third-order valence-corrected chi connectivity index (χ3v) is 5.05. The van der Waals surface area contributed by atoms with Crippen LogP contribution in [0.1, 0.15) is 32.6 Å². The number of nitrogens with one attached hydrogen (secondary N) is 1. The molecule has 0 aliphatic carbocycles. The zero-order valence-electron chi connectivity index (χ0n) is 15.1. The average molecular weight is 338 g/mol. The van der Waals surface area contributed by atoms with Crippen molar-refractivity contribution in [3.63, 3.8) is 0 Å². The molecule has 136 valence electrons. The molecule has 0 aromatic rings. The van der Waals surface area contributed by atoms with E-state index in [1.54, 1.807) is 25.9 Å². The highest BCUT2D eigenvalue weighted by Crippen LogP contribution is 2.18. The van der Waals surface area contributed by atoms with E-state index >= 15 is 0 Å². The number of nitrogens with zero attached hydrogens (tertiary/aromatic N) is 3. The van der Waals surface area contributed by atoms with E-state index in [1.807, 2.05) is 4.90 Å². The first-order chi connectivity index (χ1) is 11.4. The first kappa shape index (κ1) is 18.7. The molecule has 3 amide bonds. The highest BCUT2D eigenvalue weighted by atomic mass is 16.2. The molecule has 2 aliphatic rings. The number of hydrogen-bond acceptors (Lipinski definition) is 4. The maximum Gasteiger partial charge on any atom is 0.234 e. The first-order valence-corrected chi connectivity index (χ1v) is 8.85. The van der Waals surface area contributed by atoms with Crippen LogP contribution in [0.2, 0.25) is 0 Å². The van der Waals surface area contributed by atoms with Gasteiger partial charge in [-0.25, -0.2) is 0 Å². The largest absolute Gasteiger partial charge is 0.352 e. The Labute approximate surface area is 144 Å². The van der Waals surface area contributed by atoms with Gasteiger partial charge in [-0.1, -0.05) is 0 Å². The summed E-state index contributed by atoms with van der Waals surface area (Å²) < 4.78 is 0. The van der Waals surface area contributed by atoms with Gasteiger partial charge in [0.2, 0.25) is 17.7 Å². The zero-order valence-corrected chi connectivity index (χ0v) is 15.1. The van der Waals surface area contributed by atoms with Crippen LogP contribution in [0.3, 0.4) is 0 Å². The molecule has 0 aromatic heterocycles. The normalized spacial score (nSPS) is 20.7. The summed E-state index contributed by atoms with van der Waals surface area (Å²) in [5.74, 6) is 0.440. The SMILES string of the molecule is CC(=O)N1CCC(NC(=O)CN2CCC(C(=O)N(C)C)CC2)CC1. The molecule has 0 radical (unpaired) electrons. The monoisotopic (exact) mass is 338 g/mol. The standard InChI is InChI=1S/C17H30N4O3/c1-13(22)21-10-6-15(7-11-21)18-16(23)12-20-8-4-14(5-9-20)17(24)19(2)3/h14-15H,4-12H2,1-3H3,(H,18,23). The van der Waals surface area contributed by atoms with Crippen molar-refractivity contribution >= 4 is 17.7 Å². The van der Waals surface area contributed by atoms with Crippen LogP contribution in [0.15, 0.2) is 0 Å². The number of carbonyl (C=O) groups excluding carboxylic acids is 3. The van der Waals surface area contributed by atoms with Crippen LogP contribution < -0.4 is 5.32 Å². The van der Waals surface area contributed by atoms with E-state index in [9.17, 15) is 14.4 Å². The number of piperidine rings is 2. The minimum absolute atomic E-state index is 0.0497. The Morgan fingerprint density at radius 1 is 1.00 bits per heavy atom. The van der Waals surface area contributed by atoms with Crippen LogP contribution >= 0.6 is 0 Å². The van der Waals surface area contributed by atoms with Gasteiger partial charge in [0, 0.05) is 46.1 Å². The molecule has 0 unspecified atom stereocenters. The van der Waals surface area contributed by atoms with Crippen molar-refractivity contribution in [1.29, 1.82) is 0 Å². The van der Waals surface area contributed by atoms with E-state index in [1.165, 1.54) is 0 Å². The van der Waals surface area contributed by atoms with Crippen LogP contribution in [0.5, 0.6) is 0 Å². The third-order valence-electron chi connectivity index (χ3n) is 5.05. The lowest BCUT2D eigenvalue weighted by Crippen LogP contribution is -2.49. The molecule has 0 bridgehead atoms. The summed E-state index contributed by atoms with van der Waals surface area (Å²) in [4.78, 5) is 41.1. The molecular weight excluding hydrogens is 308 g/mol. The number of rotatable bonds is 4. The second-order valence-electron chi connectivity index (χ2n) is 7.13. The van der Waals surface area contributed by atoms with Crippen molar-refractivity contribution < 1.29 is 14.4 Å². The van der Waals surface area contributed by atoms with Crippen molar-refractivity contribution in [3.8, 4) is 0 Å². The molecule has 7 nitrogen and oxygen atoms in total. The van der Waals surface area contributed by atoms with Crippen LogP contribution in [0.25, 0.3) is 0 Å². The highest BCUT2D eigenvalue weighted by Gasteiger charge is 2.27. The summed E-state index contributed by atoms with van der Waals surface area (Å²) in [7, 11) is 3.58. The minimum atomic E-state index is 0.0497. The lowest BCUT2D eigenvalue weighted by Gasteiger charge is -2.34. The van der Waals surface area contributed by atoms with Crippen molar-refractivity contribution in [1.82, 2.24) is 20.0 Å². The molecule has 2 heterocycles. The van der Waals surface area contributed by atoms with Crippen molar-refractivity contribution in [2.24, 2.45) is 5.92 Å². The van der Waals surface area contributed by atoms with Gasteiger partial charge in [-0.2, -0.15) is 0 Å². The Hall–Kier alpha value is -1.63. The van der Waals surface area contributed by atoms with Crippen LogP contribution in [-0.2, 0) is 14.4 Å². The Morgan fingerprint density at radius 3 is 2.08 bits per heavy atom. The number of hydrogen-bond donors (Lipinski definition) is 1. The van der Waals surface area contributed by atoms with Crippen LogP contribution in [0, 0.1) is 5.92 Å². The van der Waals surface area contributed by atoms with E-state index in [4.69, 9.17) is 0 Å². The summed E-state index contributed by atoms with van der Waals surface area (Å²) >= 11 is 0. The summed E-state index contributed by atoms with van der Waals surface area (Å²) in [6, 6.07) is 0.168. The van der Waals surface area contributed by atoms with E-state index in [2.05, 4.69) is 10.2 Å². The summed E-state index contributed by atoms with van der Waals surface area (Å²) in [6.45, 7) is 5.01. The second kappa shape index (κ2) is 8.46. The molecular formula is C17H30N4O3. The van der Waals surface area contributed by atoms with Crippen molar-refractivity contribution in [3.05, 3.63) is 0 Å². The molecule has 2 rings (SSSR count). The van der Waals surface area contributed by atoms with E-state index in [0.717, 1.165) is 51.9 Å². The van der Waals surface area contributed by atoms with Gasteiger partial charge in [0.1, 0.15) is 0 Å². The topological polar surface area (TPSA) is 73.0 Å². The van der Waals surface area contributed by atoms with Gasteiger partial charge in [-0.15, -0.1) is 0 Å². The molecule has 1 N–H and O–H groups in total. The predicted molar refractivity (Wildman–Crippen MR) is 91.3 cm³/mol. The number of likely N-dealkylation sites (tertiary alicyclic amines) is 2. The lowest BCUT2D eigenvalue weighted by atomic mass is 9.95. The summed E-state index contributed by atoms with van der Waals surface area (Å²) in [6.07, 6.45) is 3.29. The third kappa shape index (κ3) is 5.19. The Bertz CT molecular complexity index is 464. The smallest absolute Gasteiger partial charge is 0.234 e. The average Bonchev–Trinajstić information content (AvgIpc) is 2.55. The quantitative estimate of drug-likeness (QED) is 0.778. The summed E-state index contributed by atoms with van der Waals surface area (Å²) in [5.41, 5.74) is 0.